The molecule has 1 fully saturated rings. The highest BCUT2D eigenvalue weighted by Crippen LogP contribution is 2.23. The Morgan fingerprint density at radius 3 is 2.89 bits per heavy atom. The summed E-state index contributed by atoms with van der Waals surface area (Å²) in [6.07, 6.45) is 5.93. The molecular weight excluding hydrogens is 228 g/mol. The van der Waals surface area contributed by atoms with E-state index in [0.29, 0.717) is 6.04 Å². The molecule has 0 aromatic carbocycles. The molecule has 1 aliphatic rings. The summed E-state index contributed by atoms with van der Waals surface area (Å²) in [7, 11) is 1.90. The van der Waals surface area contributed by atoms with Crippen LogP contribution in [0.4, 0.5) is 11.6 Å². The summed E-state index contributed by atoms with van der Waals surface area (Å²) >= 11 is 0. The molecule has 18 heavy (non-hydrogen) atoms. The lowest BCUT2D eigenvalue weighted by molar-refractivity contribution is 0.0875. The minimum Gasteiger partial charge on any atom is -0.379 e. The standard InChI is InChI=1S/C13H22N4O/c1-3-5-11-12(14-2)15-9-16-13(11)17-10-6-4-7-18-8-10/h9-10H,3-8H2,1-2H3,(H2,14,15,16,17). The van der Waals surface area contributed by atoms with Crippen molar-refractivity contribution in [2.75, 3.05) is 30.9 Å². The fourth-order valence-electron chi connectivity index (χ4n) is 2.29. The lowest BCUT2D eigenvalue weighted by Crippen LogP contribution is -2.31. The Morgan fingerprint density at radius 1 is 1.39 bits per heavy atom. The van der Waals surface area contributed by atoms with Crippen molar-refractivity contribution in [3.05, 3.63) is 11.9 Å². The number of ether oxygens (including phenoxy) is 1. The van der Waals surface area contributed by atoms with Gasteiger partial charge in [0.05, 0.1) is 12.6 Å². The minimum atomic E-state index is 0.369. The van der Waals surface area contributed by atoms with Gasteiger partial charge in [-0.2, -0.15) is 0 Å². The van der Waals surface area contributed by atoms with Crippen molar-refractivity contribution in [1.82, 2.24) is 9.97 Å². The highest BCUT2D eigenvalue weighted by molar-refractivity contribution is 5.57. The average Bonchev–Trinajstić information content (AvgIpc) is 2.42. The van der Waals surface area contributed by atoms with Gasteiger partial charge in [-0.15, -0.1) is 0 Å². The summed E-state index contributed by atoms with van der Waals surface area (Å²) in [4.78, 5) is 8.66. The normalized spacial score (nSPS) is 19.6. The Kier molecular flexibility index (Phi) is 4.75. The van der Waals surface area contributed by atoms with Gasteiger partial charge in [-0.05, 0) is 19.3 Å². The molecule has 2 heterocycles. The van der Waals surface area contributed by atoms with Crippen LogP contribution in [0.3, 0.4) is 0 Å². The van der Waals surface area contributed by atoms with Gasteiger partial charge >= 0.3 is 0 Å². The fraction of sp³-hybridized carbons (Fsp3) is 0.692. The van der Waals surface area contributed by atoms with Crippen LogP contribution >= 0.6 is 0 Å². The van der Waals surface area contributed by atoms with Crippen LogP contribution in [-0.4, -0.2) is 36.3 Å². The van der Waals surface area contributed by atoms with Crippen molar-refractivity contribution < 1.29 is 4.74 Å². The Labute approximate surface area is 108 Å². The second-order valence-corrected chi connectivity index (χ2v) is 4.61. The van der Waals surface area contributed by atoms with Crippen LogP contribution < -0.4 is 10.6 Å². The Hall–Kier alpha value is -1.36. The molecule has 100 valence electrons. The van der Waals surface area contributed by atoms with E-state index in [1.807, 2.05) is 7.05 Å². The van der Waals surface area contributed by atoms with E-state index < -0.39 is 0 Å². The topological polar surface area (TPSA) is 59.1 Å². The van der Waals surface area contributed by atoms with Crippen LogP contribution in [0, 0.1) is 0 Å². The van der Waals surface area contributed by atoms with Gasteiger partial charge in [0.2, 0.25) is 0 Å². The SMILES string of the molecule is CCCc1c(NC)ncnc1NC1CCCOC1. The highest BCUT2D eigenvalue weighted by atomic mass is 16.5. The molecule has 0 bridgehead atoms. The zero-order valence-corrected chi connectivity index (χ0v) is 11.2. The zero-order valence-electron chi connectivity index (χ0n) is 11.2. The number of anilines is 2. The summed E-state index contributed by atoms with van der Waals surface area (Å²) in [6, 6.07) is 0.369. The second-order valence-electron chi connectivity index (χ2n) is 4.61. The van der Waals surface area contributed by atoms with E-state index in [0.717, 1.165) is 50.5 Å². The molecule has 0 radical (unpaired) electrons. The monoisotopic (exact) mass is 250 g/mol. The van der Waals surface area contributed by atoms with E-state index in [-0.39, 0.29) is 0 Å². The number of rotatable bonds is 5. The molecule has 2 rings (SSSR count). The van der Waals surface area contributed by atoms with E-state index >= 15 is 0 Å². The summed E-state index contributed by atoms with van der Waals surface area (Å²) < 4.78 is 5.49. The first-order valence-corrected chi connectivity index (χ1v) is 6.71. The van der Waals surface area contributed by atoms with Gasteiger partial charge in [-0.3, -0.25) is 0 Å². The first-order chi connectivity index (χ1) is 8.85. The van der Waals surface area contributed by atoms with Crippen LogP contribution in [0.5, 0.6) is 0 Å². The molecular formula is C13H22N4O. The van der Waals surface area contributed by atoms with E-state index in [4.69, 9.17) is 4.74 Å². The van der Waals surface area contributed by atoms with Crippen molar-refractivity contribution in [2.45, 2.75) is 38.6 Å². The van der Waals surface area contributed by atoms with E-state index in [9.17, 15) is 0 Å². The summed E-state index contributed by atoms with van der Waals surface area (Å²) in [5, 5.41) is 6.63. The average molecular weight is 250 g/mol. The van der Waals surface area contributed by atoms with Crippen molar-refractivity contribution in [1.29, 1.82) is 0 Å². The summed E-state index contributed by atoms with van der Waals surface area (Å²) in [5.41, 5.74) is 1.17. The minimum absolute atomic E-state index is 0.369. The number of aromatic nitrogens is 2. The van der Waals surface area contributed by atoms with Gasteiger partial charge in [0, 0.05) is 19.2 Å². The predicted octanol–water partition coefficient (Wildman–Crippen LogP) is 2.06. The molecule has 0 saturated carbocycles. The number of nitrogens with one attached hydrogen (secondary N) is 2. The van der Waals surface area contributed by atoms with E-state index in [1.54, 1.807) is 6.33 Å². The first-order valence-electron chi connectivity index (χ1n) is 6.71. The molecule has 1 aromatic rings. The lowest BCUT2D eigenvalue weighted by Gasteiger charge is -2.25. The van der Waals surface area contributed by atoms with E-state index in [1.165, 1.54) is 5.56 Å². The quantitative estimate of drug-likeness (QED) is 0.837. The molecule has 5 nitrogen and oxygen atoms in total. The molecule has 0 spiro atoms. The third kappa shape index (κ3) is 3.10. The second kappa shape index (κ2) is 6.54. The molecule has 0 amide bonds. The van der Waals surface area contributed by atoms with Crippen LogP contribution in [0.25, 0.3) is 0 Å². The number of hydrogen-bond acceptors (Lipinski definition) is 5. The van der Waals surface area contributed by atoms with Gasteiger partial charge in [-0.25, -0.2) is 9.97 Å². The van der Waals surface area contributed by atoms with Crippen molar-refractivity contribution in [3.63, 3.8) is 0 Å². The molecule has 2 N–H and O–H groups in total. The molecule has 1 aromatic heterocycles. The van der Waals surface area contributed by atoms with Gasteiger partial charge in [0.25, 0.3) is 0 Å². The largest absolute Gasteiger partial charge is 0.379 e. The third-order valence-corrected chi connectivity index (χ3v) is 3.18. The van der Waals surface area contributed by atoms with Gasteiger partial charge in [-0.1, -0.05) is 13.3 Å². The van der Waals surface area contributed by atoms with Crippen LogP contribution in [-0.2, 0) is 11.2 Å². The first kappa shape index (κ1) is 13.1. The molecule has 5 heteroatoms. The maximum atomic E-state index is 5.49. The van der Waals surface area contributed by atoms with Crippen molar-refractivity contribution in [2.24, 2.45) is 0 Å². The molecule has 1 unspecified atom stereocenters. The molecule has 1 atom stereocenters. The lowest BCUT2D eigenvalue weighted by atomic mass is 10.1. The van der Waals surface area contributed by atoms with Crippen molar-refractivity contribution >= 4 is 11.6 Å². The third-order valence-electron chi connectivity index (χ3n) is 3.18. The molecule has 1 aliphatic heterocycles. The van der Waals surface area contributed by atoms with E-state index in [2.05, 4.69) is 27.5 Å². The Balaban J connectivity index is 2.14. The highest BCUT2D eigenvalue weighted by Gasteiger charge is 2.17. The summed E-state index contributed by atoms with van der Waals surface area (Å²) in [6.45, 7) is 3.82. The fourth-order valence-corrected chi connectivity index (χ4v) is 2.29. The molecule has 0 aliphatic carbocycles. The van der Waals surface area contributed by atoms with Gasteiger partial charge in [0.1, 0.15) is 18.0 Å². The van der Waals surface area contributed by atoms with Gasteiger partial charge < -0.3 is 15.4 Å². The summed E-state index contributed by atoms with van der Waals surface area (Å²) in [5.74, 6) is 1.87. The van der Waals surface area contributed by atoms with Crippen LogP contribution in [0.1, 0.15) is 31.7 Å². The van der Waals surface area contributed by atoms with Crippen molar-refractivity contribution in [3.8, 4) is 0 Å². The number of nitrogens with zero attached hydrogens (tertiary/aromatic N) is 2. The van der Waals surface area contributed by atoms with Gasteiger partial charge in [0.15, 0.2) is 0 Å². The molecule has 1 saturated heterocycles. The smallest absolute Gasteiger partial charge is 0.135 e. The Morgan fingerprint density at radius 2 is 2.22 bits per heavy atom. The number of hydrogen-bond donors (Lipinski definition) is 2. The maximum absolute atomic E-state index is 5.49. The zero-order chi connectivity index (χ0) is 12.8. The maximum Gasteiger partial charge on any atom is 0.135 e. The Bertz CT molecular complexity index is 377. The van der Waals surface area contributed by atoms with Crippen LogP contribution in [0.15, 0.2) is 6.33 Å². The van der Waals surface area contributed by atoms with Crippen LogP contribution in [0.2, 0.25) is 0 Å². The predicted molar refractivity (Wildman–Crippen MR) is 73.0 cm³/mol.